The van der Waals surface area contributed by atoms with Gasteiger partial charge < -0.3 is 9.80 Å². The molecule has 7 heteroatoms. The average molecular weight is 413 g/mol. The van der Waals surface area contributed by atoms with Gasteiger partial charge in [-0.25, -0.2) is 0 Å². The first-order valence-electron chi connectivity index (χ1n) is 11.3. The number of hydrogen-bond donors (Lipinski definition) is 2. The third-order valence-corrected chi connectivity index (χ3v) is 6.83. The number of amides is 3. The molecule has 162 valence electrons. The highest BCUT2D eigenvalue weighted by Crippen LogP contribution is 2.42. The SMILES string of the molecule is CC(=O)NNC(=O)CC1C(=O)N(C2CCN(C3CCCCC3)CC2)c2ccccc21. The molecule has 3 aliphatic rings. The lowest BCUT2D eigenvalue weighted by atomic mass is 9.91. The summed E-state index contributed by atoms with van der Waals surface area (Å²) >= 11 is 0. The van der Waals surface area contributed by atoms with E-state index in [-0.39, 0.29) is 30.2 Å². The second-order valence-electron chi connectivity index (χ2n) is 8.81. The van der Waals surface area contributed by atoms with Gasteiger partial charge in [-0.15, -0.1) is 0 Å². The maximum Gasteiger partial charge on any atom is 0.239 e. The van der Waals surface area contributed by atoms with Crippen LogP contribution < -0.4 is 15.8 Å². The number of hydrogen-bond acceptors (Lipinski definition) is 4. The van der Waals surface area contributed by atoms with E-state index in [1.165, 1.54) is 39.0 Å². The fraction of sp³-hybridized carbons (Fsp3) is 0.609. The van der Waals surface area contributed by atoms with E-state index in [2.05, 4.69) is 15.8 Å². The van der Waals surface area contributed by atoms with Crippen LogP contribution in [0.25, 0.3) is 0 Å². The standard InChI is InChI=1S/C23H32N4O3/c1-16(28)24-25-22(29)15-20-19-9-5-6-10-21(19)27(23(20)30)18-11-13-26(14-12-18)17-7-3-2-4-8-17/h5-6,9-10,17-18,20H,2-4,7-8,11-15H2,1H3,(H,24,28)(H,25,29). The Kier molecular flexibility index (Phi) is 6.37. The van der Waals surface area contributed by atoms with Gasteiger partial charge in [0.15, 0.2) is 0 Å². The second-order valence-corrected chi connectivity index (χ2v) is 8.81. The van der Waals surface area contributed by atoms with Crippen LogP contribution in [0.15, 0.2) is 24.3 Å². The normalized spacial score (nSPS) is 23.3. The number of carbonyl (C=O) groups excluding carboxylic acids is 3. The molecular weight excluding hydrogens is 380 g/mol. The summed E-state index contributed by atoms with van der Waals surface area (Å²) in [5.74, 6) is -1.18. The molecule has 1 aliphatic carbocycles. The maximum absolute atomic E-state index is 13.4. The van der Waals surface area contributed by atoms with Crippen molar-refractivity contribution in [2.24, 2.45) is 0 Å². The maximum atomic E-state index is 13.4. The predicted molar refractivity (Wildman–Crippen MR) is 115 cm³/mol. The Labute approximate surface area is 178 Å². The topological polar surface area (TPSA) is 81.8 Å². The van der Waals surface area contributed by atoms with Crippen LogP contribution in [-0.2, 0) is 14.4 Å². The van der Waals surface area contributed by atoms with Crippen LogP contribution in [-0.4, -0.2) is 47.8 Å². The van der Waals surface area contributed by atoms with Gasteiger partial charge in [0, 0.05) is 44.2 Å². The second kappa shape index (κ2) is 9.16. The minimum absolute atomic E-state index is 0.00490. The zero-order chi connectivity index (χ0) is 21.1. The molecule has 30 heavy (non-hydrogen) atoms. The van der Waals surface area contributed by atoms with Gasteiger partial charge in [0.25, 0.3) is 0 Å². The summed E-state index contributed by atoms with van der Waals surface area (Å²) < 4.78 is 0. The first kappa shape index (κ1) is 20.8. The number of nitrogens with one attached hydrogen (secondary N) is 2. The zero-order valence-corrected chi connectivity index (χ0v) is 17.7. The Morgan fingerprint density at radius 2 is 1.67 bits per heavy atom. The summed E-state index contributed by atoms with van der Waals surface area (Å²) in [6.45, 7) is 3.40. The summed E-state index contributed by atoms with van der Waals surface area (Å²) in [4.78, 5) is 41.2. The Bertz CT molecular complexity index is 797. The van der Waals surface area contributed by atoms with Crippen LogP contribution >= 0.6 is 0 Å². The highest BCUT2D eigenvalue weighted by molar-refractivity contribution is 6.07. The van der Waals surface area contributed by atoms with Crippen LogP contribution in [0, 0.1) is 0 Å². The van der Waals surface area contributed by atoms with E-state index in [1.54, 1.807) is 0 Å². The summed E-state index contributed by atoms with van der Waals surface area (Å²) in [7, 11) is 0. The van der Waals surface area contributed by atoms with Gasteiger partial charge in [-0.3, -0.25) is 25.2 Å². The molecule has 1 atom stereocenters. The van der Waals surface area contributed by atoms with Crippen molar-refractivity contribution in [2.75, 3.05) is 18.0 Å². The first-order chi connectivity index (χ1) is 14.5. The van der Waals surface area contributed by atoms with Crippen molar-refractivity contribution in [2.45, 2.75) is 76.3 Å². The van der Waals surface area contributed by atoms with Crippen molar-refractivity contribution >= 4 is 23.4 Å². The average Bonchev–Trinajstić information content (AvgIpc) is 3.04. The van der Waals surface area contributed by atoms with Crippen molar-refractivity contribution in [1.82, 2.24) is 15.8 Å². The molecule has 1 aromatic carbocycles. The van der Waals surface area contributed by atoms with E-state index >= 15 is 0 Å². The molecule has 7 nitrogen and oxygen atoms in total. The van der Waals surface area contributed by atoms with Crippen LogP contribution in [0.4, 0.5) is 5.69 Å². The summed E-state index contributed by atoms with van der Waals surface area (Å²) in [5, 5.41) is 0. The molecule has 2 fully saturated rings. The monoisotopic (exact) mass is 412 g/mol. The van der Waals surface area contributed by atoms with E-state index in [0.717, 1.165) is 37.2 Å². The first-order valence-corrected chi connectivity index (χ1v) is 11.3. The van der Waals surface area contributed by atoms with Crippen LogP contribution in [0.3, 0.4) is 0 Å². The third-order valence-electron chi connectivity index (χ3n) is 6.83. The van der Waals surface area contributed by atoms with Gasteiger partial charge in [-0.2, -0.15) is 0 Å². The van der Waals surface area contributed by atoms with Crippen molar-refractivity contribution in [1.29, 1.82) is 0 Å². The Hall–Kier alpha value is -2.41. The van der Waals surface area contributed by atoms with E-state index < -0.39 is 5.92 Å². The summed E-state index contributed by atoms with van der Waals surface area (Å²) in [6.07, 6.45) is 8.64. The molecule has 2 N–H and O–H groups in total. The molecule has 1 saturated heterocycles. The van der Waals surface area contributed by atoms with Gasteiger partial charge in [0.2, 0.25) is 17.7 Å². The van der Waals surface area contributed by atoms with Crippen molar-refractivity contribution in [3.05, 3.63) is 29.8 Å². The highest BCUT2D eigenvalue weighted by Gasteiger charge is 2.42. The number of fused-ring (bicyclic) bond motifs is 1. The van der Waals surface area contributed by atoms with E-state index in [4.69, 9.17) is 0 Å². The molecule has 4 rings (SSSR count). The van der Waals surface area contributed by atoms with Crippen LogP contribution in [0.2, 0.25) is 0 Å². The lowest BCUT2D eigenvalue weighted by Gasteiger charge is -2.41. The van der Waals surface area contributed by atoms with Crippen LogP contribution in [0.5, 0.6) is 0 Å². The number of para-hydroxylation sites is 1. The largest absolute Gasteiger partial charge is 0.308 e. The molecule has 0 radical (unpaired) electrons. The third kappa shape index (κ3) is 4.36. The van der Waals surface area contributed by atoms with Gasteiger partial charge in [0.1, 0.15) is 0 Å². The highest BCUT2D eigenvalue weighted by atomic mass is 16.2. The van der Waals surface area contributed by atoms with Crippen molar-refractivity contribution < 1.29 is 14.4 Å². The van der Waals surface area contributed by atoms with Gasteiger partial charge >= 0.3 is 0 Å². The molecular formula is C23H32N4O3. The summed E-state index contributed by atoms with van der Waals surface area (Å²) in [5.41, 5.74) is 6.53. The molecule has 0 spiro atoms. The number of carbonyl (C=O) groups is 3. The number of likely N-dealkylation sites (tertiary alicyclic amines) is 1. The van der Waals surface area contributed by atoms with E-state index in [1.807, 2.05) is 29.2 Å². The number of hydrazine groups is 1. The fourth-order valence-electron chi connectivity index (χ4n) is 5.34. The number of anilines is 1. The molecule has 2 aliphatic heterocycles. The molecule has 1 unspecified atom stereocenters. The van der Waals surface area contributed by atoms with Crippen LogP contribution in [0.1, 0.15) is 69.8 Å². The Balaban J connectivity index is 1.43. The van der Waals surface area contributed by atoms with Crippen molar-refractivity contribution in [3.63, 3.8) is 0 Å². The van der Waals surface area contributed by atoms with E-state index in [0.29, 0.717) is 6.04 Å². The number of nitrogens with zero attached hydrogens (tertiary/aromatic N) is 2. The van der Waals surface area contributed by atoms with Gasteiger partial charge in [0.05, 0.1) is 5.92 Å². The van der Waals surface area contributed by atoms with Gasteiger partial charge in [-0.05, 0) is 37.3 Å². The number of piperidine rings is 1. The quantitative estimate of drug-likeness (QED) is 0.745. The molecule has 3 amide bonds. The predicted octanol–water partition coefficient (Wildman–Crippen LogP) is 2.47. The minimum Gasteiger partial charge on any atom is -0.308 e. The molecule has 0 aromatic heterocycles. The number of rotatable bonds is 4. The Morgan fingerprint density at radius 1 is 0.967 bits per heavy atom. The van der Waals surface area contributed by atoms with E-state index in [9.17, 15) is 14.4 Å². The lowest BCUT2D eigenvalue weighted by molar-refractivity contribution is -0.129. The minimum atomic E-state index is -0.494. The number of benzene rings is 1. The lowest BCUT2D eigenvalue weighted by Crippen LogP contribution is -2.50. The molecule has 1 aromatic rings. The molecule has 2 heterocycles. The zero-order valence-electron chi connectivity index (χ0n) is 17.7. The van der Waals surface area contributed by atoms with Crippen molar-refractivity contribution in [3.8, 4) is 0 Å². The molecule has 0 bridgehead atoms. The summed E-state index contributed by atoms with van der Waals surface area (Å²) in [6, 6.07) is 8.71. The Morgan fingerprint density at radius 3 is 2.37 bits per heavy atom. The molecule has 1 saturated carbocycles. The fourth-order valence-corrected chi connectivity index (χ4v) is 5.34. The smallest absolute Gasteiger partial charge is 0.239 e. The van der Waals surface area contributed by atoms with Gasteiger partial charge in [-0.1, -0.05) is 37.5 Å².